The fourth-order valence-corrected chi connectivity index (χ4v) is 5.89. The molecule has 2 aromatic carbocycles. The van der Waals surface area contributed by atoms with E-state index in [4.69, 9.17) is 4.99 Å². The highest BCUT2D eigenvalue weighted by Gasteiger charge is 2.50. The van der Waals surface area contributed by atoms with E-state index in [1.165, 1.54) is 4.88 Å². The van der Waals surface area contributed by atoms with Crippen LogP contribution in [0.4, 0.5) is 11.4 Å². The van der Waals surface area contributed by atoms with Crippen molar-refractivity contribution in [3.63, 3.8) is 0 Å². The molecule has 5 heteroatoms. The van der Waals surface area contributed by atoms with Gasteiger partial charge in [0, 0.05) is 28.5 Å². The zero-order valence-electron chi connectivity index (χ0n) is 15.6. The van der Waals surface area contributed by atoms with Gasteiger partial charge in [-0.3, -0.25) is 19.5 Å². The van der Waals surface area contributed by atoms with Crippen molar-refractivity contribution >= 4 is 40.1 Å². The lowest BCUT2D eigenvalue weighted by atomic mass is 9.74. The van der Waals surface area contributed by atoms with Crippen LogP contribution < -0.4 is 4.90 Å². The van der Waals surface area contributed by atoms with Gasteiger partial charge < -0.3 is 0 Å². The van der Waals surface area contributed by atoms with Crippen LogP contribution in [0.3, 0.4) is 0 Å². The molecule has 29 heavy (non-hydrogen) atoms. The van der Waals surface area contributed by atoms with Crippen molar-refractivity contribution in [2.75, 3.05) is 4.90 Å². The second-order valence-electron chi connectivity index (χ2n) is 7.86. The lowest BCUT2D eigenvalue weighted by Crippen LogP contribution is -2.41. The highest BCUT2D eigenvalue weighted by Crippen LogP contribution is 2.51. The Balaban J connectivity index is 1.55. The lowest BCUT2D eigenvalue weighted by Gasteiger charge is -2.34. The molecular formula is C24H18N2O2S. The minimum Gasteiger partial charge on any atom is -0.299 e. The summed E-state index contributed by atoms with van der Waals surface area (Å²) in [5, 5.41) is 2.06. The minimum absolute atomic E-state index is 0.0392. The Morgan fingerprint density at radius 1 is 0.931 bits per heavy atom. The molecule has 3 heterocycles. The first-order valence-corrected chi connectivity index (χ1v) is 10.8. The van der Waals surface area contributed by atoms with Crippen LogP contribution in [0.15, 0.2) is 71.0 Å². The number of anilines is 1. The van der Waals surface area contributed by atoms with Crippen molar-refractivity contribution in [3.8, 4) is 0 Å². The van der Waals surface area contributed by atoms with E-state index in [9.17, 15) is 9.59 Å². The van der Waals surface area contributed by atoms with Crippen LogP contribution in [-0.2, 0) is 4.79 Å². The number of carbonyl (C=O) groups excluding carboxylic acids is 2. The summed E-state index contributed by atoms with van der Waals surface area (Å²) in [7, 11) is 0. The third-order valence-corrected chi connectivity index (χ3v) is 7.32. The molecule has 142 valence electrons. The van der Waals surface area contributed by atoms with E-state index in [2.05, 4.69) is 11.4 Å². The molecule has 0 unspecified atom stereocenters. The monoisotopic (exact) mass is 398 g/mol. The Labute approximate surface area is 172 Å². The number of rotatable bonds is 1. The van der Waals surface area contributed by atoms with Crippen molar-refractivity contribution in [2.45, 2.75) is 24.8 Å². The van der Waals surface area contributed by atoms with Gasteiger partial charge in [0.25, 0.3) is 5.91 Å². The molecule has 1 fully saturated rings. The summed E-state index contributed by atoms with van der Waals surface area (Å²) in [6, 6.07) is 19.3. The molecule has 2 aliphatic heterocycles. The Hall–Kier alpha value is -3.05. The molecule has 6 rings (SSSR count). The zero-order valence-corrected chi connectivity index (χ0v) is 16.4. The van der Waals surface area contributed by atoms with E-state index in [1.807, 2.05) is 59.5 Å². The Kier molecular flexibility index (Phi) is 3.62. The van der Waals surface area contributed by atoms with E-state index in [0.29, 0.717) is 12.0 Å². The van der Waals surface area contributed by atoms with Gasteiger partial charge in [-0.1, -0.05) is 36.4 Å². The fourth-order valence-electron chi connectivity index (χ4n) is 5.06. The summed E-state index contributed by atoms with van der Waals surface area (Å²) < 4.78 is 0. The summed E-state index contributed by atoms with van der Waals surface area (Å²) >= 11 is 1.70. The average molecular weight is 398 g/mol. The van der Waals surface area contributed by atoms with Crippen LogP contribution in [0, 0.1) is 5.92 Å². The Morgan fingerprint density at radius 2 is 1.76 bits per heavy atom. The van der Waals surface area contributed by atoms with Gasteiger partial charge in [0.05, 0.1) is 23.3 Å². The number of ketones is 1. The normalized spacial score (nSPS) is 24.9. The minimum atomic E-state index is -0.383. The number of aliphatic imine (C=N–C) groups is 1. The second-order valence-corrected chi connectivity index (χ2v) is 8.84. The maximum Gasteiger partial charge on any atom is 0.259 e. The van der Waals surface area contributed by atoms with Crippen LogP contribution in [0.25, 0.3) is 0 Å². The van der Waals surface area contributed by atoms with Crippen LogP contribution in [0.1, 0.15) is 45.6 Å². The van der Waals surface area contributed by atoms with Crippen molar-refractivity contribution in [1.82, 2.24) is 0 Å². The first-order valence-electron chi connectivity index (χ1n) is 9.87. The first-order chi connectivity index (χ1) is 14.2. The van der Waals surface area contributed by atoms with Gasteiger partial charge in [0.15, 0.2) is 0 Å². The molecule has 3 aliphatic rings. The molecule has 0 bridgehead atoms. The molecule has 0 N–H and O–H groups in total. The standard InChI is InChI=1S/C24H18N2O2S/c27-20-13-14(21-10-5-11-29-21)12-18-22(20)23-15-6-1-2-7-16(15)24(28)26(23)19-9-4-3-8-17(19)25-18/h1-11,14,22-23H,12-13H2/t14-,22-,23+/m0/s1. The Bertz CT molecular complexity index is 1180. The number of para-hydroxylation sites is 2. The number of benzene rings is 2. The van der Waals surface area contributed by atoms with E-state index < -0.39 is 0 Å². The van der Waals surface area contributed by atoms with Crippen LogP contribution in [0.2, 0.25) is 0 Å². The van der Waals surface area contributed by atoms with E-state index in [1.54, 1.807) is 11.3 Å². The SMILES string of the molecule is O=C1C[C@@H](c2cccs2)CC2=Nc3ccccc3N3C(=O)c4ccccc4[C@@H]3[C@H]12. The van der Waals surface area contributed by atoms with E-state index >= 15 is 0 Å². The summed E-state index contributed by atoms with van der Waals surface area (Å²) in [6.07, 6.45) is 1.26. The quantitative estimate of drug-likeness (QED) is 0.559. The molecular weight excluding hydrogens is 380 g/mol. The maximum absolute atomic E-state index is 13.5. The molecule has 4 nitrogen and oxygen atoms in total. The van der Waals surface area contributed by atoms with Crippen LogP contribution in [0.5, 0.6) is 0 Å². The second kappa shape index (κ2) is 6.22. The molecule has 0 radical (unpaired) electrons. The molecule has 1 saturated carbocycles. The number of hydrogen-bond acceptors (Lipinski definition) is 4. The van der Waals surface area contributed by atoms with Gasteiger partial charge in [0.1, 0.15) is 5.78 Å². The van der Waals surface area contributed by atoms with Crippen molar-refractivity contribution in [2.24, 2.45) is 10.9 Å². The van der Waals surface area contributed by atoms with E-state index in [-0.39, 0.29) is 29.6 Å². The van der Waals surface area contributed by atoms with E-state index in [0.717, 1.165) is 29.1 Å². The Morgan fingerprint density at radius 3 is 2.62 bits per heavy atom. The third-order valence-electron chi connectivity index (χ3n) is 6.28. The fraction of sp³-hybridized carbons (Fsp3) is 0.208. The molecule has 0 saturated heterocycles. The van der Waals surface area contributed by atoms with Crippen molar-refractivity contribution in [3.05, 3.63) is 82.0 Å². The van der Waals surface area contributed by atoms with Gasteiger partial charge >= 0.3 is 0 Å². The topological polar surface area (TPSA) is 49.7 Å². The molecule has 1 aromatic heterocycles. The molecule has 3 aromatic rings. The van der Waals surface area contributed by atoms with Crippen molar-refractivity contribution in [1.29, 1.82) is 0 Å². The summed E-state index contributed by atoms with van der Waals surface area (Å²) in [6.45, 7) is 0. The van der Waals surface area contributed by atoms with Crippen molar-refractivity contribution < 1.29 is 9.59 Å². The maximum atomic E-state index is 13.5. The largest absolute Gasteiger partial charge is 0.299 e. The molecule has 3 atom stereocenters. The van der Waals surface area contributed by atoms with Gasteiger partial charge in [0.2, 0.25) is 0 Å². The van der Waals surface area contributed by atoms with Crippen LogP contribution in [-0.4, -0.2) is 17.4 Å². The zero-order chi connectivity index (χ0) is 19.5. The predicted molar refractivity (Wildman–Crippen MR) is 114 cm³/mol. The van der Waals surface area contributed by atoms with Gasteiger partial charge in [-0.05, 0) is 41.6 Å². The van der Waals surface area contributed by atoms with Gasteiger partial charge in [-0.25, -0.2) is 0 Å². The highest BCUT2D eigenvalue weighted by atomic mass is 32.1. The number of Topliss-reactive ketones (excluding diaryl/α,β-unsaturated/α-hetero) is 1. The molecule has 0 spiro atoms. The molecule has 1 amide bonds. The average Bonchev–Trinajstić information content (AvgIpc) is 3.33. The molecule has 1 aliphatic carbocycles. The number of fused-ring (bicyclic) bond motifs is 7. The summed E-state index contributed by atoms with van der Waals surface area (Å²) in [4.78, 5) is 34.8. The summed E-state index contributed by atoms with van der Waals surface area (Å²) in [5.41, 5.74) is 4.11. The predicted octanol–water partition coefficient (Wildman–Crippen LogP) is 5.30. The lowest BCUT2D eigenvalue weighted by molar-refractivity contribution is -0.122. The highest BCUT2D eigenvalue weighted by molar-refractivity contribution is 7.10. The number of carbonyl (C=O) groups is 2. The first kappa shape index (κ1) is 16.9. The number of hydrogen-bond donors (Lipinski definition) is 0. The number of nitrogens with zero attached hydrogens (tertiary/aromatic N) is 2. The smallest absolute Gasteiger partial charge is 0.259 e. The van der Waals surface area contributed by atoms with Gasteiger partial charge in [-0.15, -0.1) is 11.3 Å². The van der Waals surface area contributed by atoms with Gasteiger partial charge in [-0.2, -0.15) is 0 Å². The van der Waals surface area contributed by atoms with Crippen LogP contribution >= 0.6 is 11.3 Å². The third kappa shape index (κ3) is 2.40. The summed E-state index contributed by atoms with van der Waals surface area (Å²) in [5.74, 6) is -0.0711. The number of amides is 1. The number of thiophene rings is 1.